The van der Waals surface area contributed by atoms with E-state index in [4.69, 9.17) is 5.11 Å². The second-order valence-electron chi connectivity index (χ2n) is 1.16. The number of carbonyl (C=O) groups excluding carboxylic acids is 1. The molecule has 0 aliphatic carbocycles. The van der Waals surface area contributed by atoms with Crippen LogP contribution >= 0.6 is 0 Å². The highest BCUT2D eigenvalue weighted by atomic mass is 16.5. The molecule has 0 aliphatic rings. The molecule has 0 rings (SSSR count). The summed E-state index contributed by atoms with van der Waals surface area (Å²) in [5.41, 5.74) is 0. The van der Waals surface area contributed by atoms with Crippen LogP contribution in [0.25, 0.3) is 0 Å². The molecular formula is C4H8O3. The Bertz CT molecular complexity index is 52.9. The van der Waals surface area contributed by atoms with Crippen molar-refractivity contribution >= 4 is 6.29 Å². The SMILES string of the molecule is COC[C@@H](O)C=O. The number of hydrogen-bond acceptors (Lipinski definition) is 3. The molecule has 0 aromatic rings. The van der Waals surface area contributed by atoms with E-state index in [0.717, 1.165) is 0 Å². The van der Waals surface area contributed by atoms with Crippen LogP contribution in [0.15, 0.2) is 0 Å². The Morgan fingerprint density at radius 2 is 2.57 bits per heavy atom. The Labute approximate surface area is 41.9 Å². The highest BCUT2D eigenvalue weighted by Gasteiger charge is 1.95. The van der Waals surface area contributed by atoms with E-state index in [-0.39, 0.29) is 6.61 Å². The number of methoxy groups -OCH3 is 1. The van der Waals surface area contributed by atoms with Gasteiger partial charge in [-0.2, -0.15) is 0 Å². The summed E-state index contributed by atoms with van der Waals surface area (Å²) in [6.45, 7) is 0.0868. The molecule has 0 amide bonds. The van der Waals surface area contributed by atoms with Gasteiger partial charge in [-0.25, -0.2) is 0 Å². The Balaban J connectivity index is 2.98. The Morgan fingerprint density at radius 3 is 2.71 bits per heavy atom. The van der Waals surface area contributed by atoms with Crippen LogP contribution in [-0.4, -0.2) is 31.2 Å². The minimum Gasteiger partial charge on any atom is -0.383 e. The third-order valence-corrected chi connectivity index (χ3v) is 0.495. The van der Waals surface area contributed by atoms with Crippen LogP contribution in [0.3, 0.4) is 0 Å². The molecule has 0 saturated heterocycles. The van der Waals surface area contributed by atoms with Gasteiger partial charge in [-0.3, -0.25) is 0 Å². The fourth-order valence-corrected chi connectivity index (χ4v) is 0.210. The van der Waals surface area contributed by atoms with Gasteiger partial charge in [0.1, 0.15) is 6.10 Å². The average molecular weight is 104 g/mol. The monoisotopic (exact) mass is 104 g/mol. The smallest absolute Gasteiger partial charge is 0.150 e. The molecule has 0 unspecified atom stereocenters. The lowest BCUT2D eigenvalue weighted by molar-refractivity contribution is -0.117. The number of aliphatic hydroxyl groups excluding tert-OH is 1. The van der Waals surface area contributed by atoms with E-state index in [9.17, 15) is 4.79 Å². The van der Waals surface area contributed by atoms with Crippen LogP contribution in [-0.2, 0) is 9.53 Å². The zero-order valence-electron chi connectivity index (χ0n) is 4.13. The molecule has 0 bridgehead atoms. The molecule has 1 atom stereocenters. The van der Waals surface area contributed by atoms with Gasteiger partial charge in [0.15, 0.2) is 6.29 Å². The summed E-state index contributed by atoms with van der Waals surface area (Å²) < 4.78 is 4.41. The van der Waals surface area contributed by atoms with Crippen molar-refractivity contribution in [2.75, 3.05) is 13.7 Å². The summed E-state index contributed by atoms with van der Waals surface area (Å²) in [5.74, 6) is 0. The minimum atomic E-state index is -0.954. The van der Waals surface area contributed by atoms with Crippen molar-refractivity contribution in [2.24, 2.45) is 0 Å². The summed E-state index contributed by atoms with van der Waals surface area (Å²) in [6, 6.07) is 0. The number of ether oxygens (including phenoxy) is 1. The molecule has 1 N–H and O–H groups in total. The van der Waals surface area contributed by atoms with E-state index in [1.54, 1.807) is 0 Å². The first-order valence-corrected chi connectivity index (χ1v) is 1.93. The zero-order chi connectivity index (χ0) is 5.70. The van der Waals surface area contributed by atoms with E-state index in [1.165, 1.54) is 7.11 Å². The van der Waals surface area contributed by atoms with Gasteiger partial charge in [0.25, 0.3) is 0 Å². The lowest BCUT2D eigenvalue weighted by atomic mass is 10.4. The number of rotatable bonds is 3. The van der Waals surface area contributed by atoms with Crippen molar-refractivity contribution in [3.63, 3.8) is 0 Å². The molecule has 0 aromatic carbocycles. The molecular weight excluding hydrogens is 96.0 g/mol. The normalized spacial score (nSPS) is 13.4. The molecule has 3 heteroatoms. The van der Waals surface area contributed by atoms with E-state index >= 15 is 0 Å². The molecule has 0 aromatic heterocycles. The molecule has 7 heavy (non-hydrogen) atoms. The van der Waals surface area contributed by atoms with E-state index < -0.39 is 6.10 Å². The lowest BCUT2D eigenvalue weighted by Gasteiger charge is -1.96. The zero-order valence-corrected chi connectivity index (χ0v) is 4.13. The summed E-state index contributed by atoms with van der Waals surface area (Å²) in [6.07, 6.45) is -0.520. The highest BCUT2D eigenvalue weighted by Crippen LogP contribution is 1.73. The van der Waals surface area contributed by atoms with Gasteiger partial charge in [-0.1, -0.05) is 0 Å². The summed E-state index contributed by atoms with van der Waals surface area (Å²) in [4.78, 5) is 9.56. The Hall–Kier alpha value is -0.410. The number of aliphatic hydroxyl groups is 1. The van der Waals surface area contributed by atoms with E-state index in [2.05, 4.69) is 4.74 Å². The number of carbonyl (C=O) groups is 1. The van der Waals surface area contributed by atoms with Crippen LogP contribution < -0.4 is 0 Å². The van der Waals surface area contributed by atoms with Crippen molar-refractivity contribution in [3.05, 3.63) is 0 Å². The predicted molar refractivity (Wildman–Crippen MR) is 23.9 cm³/mol. The quantitative estimate of drug-likeness (QED) is 0.476. The third-order valence-electron chi connectivity index (χ3n) is 0.495. The Kier molecular flexibility index (Phi) is 3.55. The van der Waals surface area contributed by atoms with Gasteiger partial charge in [-0.15, -0.1) is 0 Å². The lowest BCUT2D eigenvalue weighted by Crippen LogP contribution is -2.14. The molecule has 0 heterocycles. The maximum atomic E-state index is 9.56. The molecule has 42 valence electrons. The first-order valence-electron chi connectivity index (χ1n) is 1.93. The van der Waals surface area contributed by atoms with Crippen molar-refractivity contribution in [1.29, 1.82) is 0 Å². The molecule has 0 fully saturated rings. The van der Waals surface area contributed by atoms with Gasteiger partial charge in [-0.05, 0) is 0 Å². The standard InChI is InChI=1S/C4H8O3/c1-7-3-4(6)2-5/h2,4,6H,3H2,1H3/t4-/m0/s1. The highest BCUT2D eigenvalue weighted by molar-refractivity contribution is 5.55. The van der Waals surface area contributed by atoms with Gasteiger partial charge in [0.05, 0.1) is 6.61 Å². The van der Waals surface area contributed by atoms with Gasteiger partial charge in [0.2, 0.25) is 0 Å². The van der Waals surface area contributed by atoms with Gasteiger partial charge >= 0.3 is 0 Å². The second kappa shape index (κ2) is 3.77. The largest absolute Gasteiger partial charge is 0.383 e. The number of aldehydes is 1. The first-order chi connectivity index (χ1) is 3.31. The van der Waals surface area contributed by atoms with Crippen LogP contribution in [0, 0.1) is 0 Å². The summed E-state index contributed by atoms with van der Waals surface area (Å²) >= 11 is 0. The molecule has 0 radical (unpaired) electrons. The minimum absolute atomic E-state index is 0.0868. The maximum Gasteiger partial charge on any atom is 0.150 e. The average Bonchev–Trinajstić information content (AvgIpc) is 1.68. The van der Waals surface area contributed by atoms with Gasteiger partial charge in [0, 0.05) is 7.11 Å². The molecule has 3 nitrogen and oxygen atoms in total. The van der Waals surface area contributed by atoms with Crippen molar-refractivity contribution in [1.82, 2.24) is 0 Å². The number of hydrogen-bond donors (Lipinski definition) is 1. The first kappa shape index (κ1) is 6.59. The van der Waals surface area contributed by atoms with Crippen LogP contribution in [0.5, 0.6) is 0 Å². The van der Waals surface area contributed by atoms with Crippen molar-refractivity contribution < 1.29 is 14.6 Å². The topological polar surface area (TPSA) is 46.5 Å². The summed E-state index contributed by atoms with van der Waals surface area (Å²) in [7, 11) is 1.42. The fraction of sp³-hybridized carbons (Fsp3) is 0.750. The van der Waals surface area contributed by atoms with Crippen LogP contribution in [0.4, 0.5) is 0 Å². The third kappa shape index (κ3) is 3.42. The van der Waals surface area contributed by atoms with Crippen LogP contribution in [0.1, 0.15) is 0 Å². The Morgan fingerprint density at radius 1 is 2.00 bits per heavy atom. The second-order valence-corrected chi connectivity index (χ2v) is 1.16. The molecule has 0 aliphatic heterocycles. The van der Waals surface area contributed by atoms with E-state index in [1.807, 2.05) is 0 Å². The fourth-order valence-electron chi connectivity index (χ4n) is 0.210. The van der Waals surface area contributed by atoms with Crippen LogP contribution in [0.2, 0.25) is 0 Å². The van der Waals surface area contributed by atoms with Crippen molar-refractivity contribution in [3.8, 4) is 0 Å². The van der Waals surface area contributed by atoms with E-state index in [0.29, 0.717) is 6.29 Å². The van der Waals surface area contributed by atoms with Crippen molar-refractivity contribution in [2.45, 2.75) is 6.10 Å². The maximum absolute atomic E-state index is 9.56. The molecule has 0 spiro atoms. The predicted octanol–water partition coefficient (Wildman–Crippen LogP) is -0.807. The molecule has 0 saturated carbocycles. The summed E-state index contributed by atoms with van der Waals surface area (Å²) in [5, 5.41) is 8.36. The van der Waals surface area contributed by atoms with Gasteiger partial charge < -0.3 is 14.6 Å².